The van der Waals surface area contributed by atoms with Gasteiger partial charge in [0.15, 0.2) is 0 Å². The standard InChI is InChI=1S/C11H19NO2/c13-11(14)7-12-10-6-5-8-3-1-2-4-9(8)10/h8-10,12H,1-7H2,(H,13,14). The van der Waals surface area contributed by atoms with Gasteiger partial charge in [-0.2, -0.15) is 0 Å². The number of carboxylic acid groups (broad SMARTS) is 1. The fourth-order valence-electron chi connectivity index (χ4n) is 3.20. The SMILES string of the molecule is O=C(O)CNC1CCC2CCCCC21. The van der Waals surface area contributed by atoms with Crippen LogP contribution in [0.2, 0.25) is 0 Å². The first kappa shape index (κ1) is 9.97. The van der Waals surface area contributed by atoms with E-state index in [2.05, 4.69) is 5.32 Å². The van der Waals surface area contributed by atoms with Crippen LogP contribution in [-0.4, -0.2) is 23.7 Å². The molecular formula is C11H19NO2. The molecule has 2 aliphatic carbocycles. The molecule has 3 unspecified atom stereocenters. The van der Waals surface area contributed by atoms with Crippen molar-refractivity contribution in [2.24, 2.45) is 11.8 Å². The van der Waals surface area contributed by atoms with Crippen LogP contribution in [0.3, 0.4) is 0 Å². The van der Waals surface area contributed by atoms with E-state index in [-0.39, 0.29) is 6.54 Å². The number of hydrogen-bond donors (Lipinski definition) is 2. The van der Waals surface area contributed by atoms with Crippen LogP contribution in [0.5, 0.6) is 0 Å². The van der Waals surface area contributed by atoms with Crippen LogP contribution < -0.4 is 5.32 Å². The van der Waals surface area contributed by atoms with E-state index in [1.54, 1.807) is 0 Å². The third-order valence-corrected chi connectivity index (χ3v) is 3.85. The van der Waals surface area contributed by atoms with Crippen LogP contribution in [-0.2, 0) is 4.79 Å². The van der Waals surface area contributed by atoms with E-state index >= 15 is 0 Å². The van der Waals surface area contributed by atoms with E-state index in [1.165, 1.54) is 38.5 Å². The maximum atomic E-state index is 10.5. The average Bonchev–Trinajstić information content (AvgIpc) is 2.58. The van der Waals surface area contributed by atoms with E-state index in [4.69, 9.17) is 5.11 Å². The number of nitrogens with one attached hydrogen (secondary N) is 1. The summed E-state index contributed by atoms with van der Waals surface area (Å²) in [6.07, 6.45) is 7.89. The molecule has 0 heterocycles. The molecule has 0 amide bonds. The summed E-state index contributed by atoms with van der Waals surface area (Å²) < 4.78 is 0. The highest BCUT2D eigenvalue weighted by molar-refractivity contribution is 5.69. The number of aliphatic carboxylic acids is 1. The Labute approximate surface area is 84.9 Å². The molecule has 0 saturated heterocycles. The lowest BCUT2D eigenvalue weighted by molar-refractivity contribution is -0.136. The molecule has 2 rings (SSSR count). The number of carbonyl (C=O) groups is 1. The Kier molecular flexibility index (Phi) is 3.06. The van der Waals surface area contributed by atoms with Crippen LogP contribution >= 0.6 is 0 Å². The van der Waals surface area contributed by atoms with Gasteiger partial charge >= 0.3 is 5.97 Å². The second-order valence-corrected chi connectivity index (χ2v) is 4.67. The monoisotopic (exact) mass is 197 g/mol. The van der Waals surface area contributed by atoms with Gasteiger partial charge in [-0.15, -0.1) is 0 Å². The summed E-state index contributed by atoms with van der Waals surface area (Å²) in [5, 5.41) is 11.8. The summed E-state index contributed by atoms with van der Waals surface area (Å²) in [6.45, 7) is 0.133. The molecule has 0 aromatic rings. The zero-order valence-corrected chi connectivity index (χ0v) is 8.54. The molecule has 3 nitrogen and oxygen atoms in total. The minimum atomic E-state index is -0.732. The van der Waals surface area contributed by atoms with Crippen molar-refractivity contribution in [3.8, 4) is 0 Å². The number of rotatable bonds is 3. The molecule has 3 atom stereocenters. The van der Waals surface area contributed by atoms with Gasteiger partial charge < -0.3 is 10.4 Å². The Hall–Kier alpha value is -0.570. The van der Waals surface area contributed by atoms with Crippen molar-refractivity contribution in [1.29, 1.82) is 0 Å². The van der Waals surface area contributed by atoms with Crippen molar-refractivity contribution in [2.45, 2.75) is 44.6 Å². The summed E-state index contributed by atoms with van der Waals surface area (Å²) in [6, 6.07) is 0.483. The molecule has 0 spiro atoms. The molecule has 0 aromatic heterocycles. The molecule has 80 valence electrons. The Bertz CT molecular complexity index is 217. The van der Waals surface area contributed by atoms with Crippen LogP contribution in [0.25, 0.3) is 0 Å². The first-order chi connectivity index (χ1) is 6.77. The van der Waals surface area contributed by atoms with Gasteiger partial charge in [0.2, 0.25) is 0 Å². The molecule has 0 aliphatic heterocycles. The Morgan fingerprint density at radius 2 is 2.00 bits per heavy atom. The van der Waals surface area contributed by atoms with Crippen molar-refractivity contribution in [2.75, 3.05) is 6.54 Å². The molecule has 14 heavy (non-hydrogen) atoms. The molecular weight excluding hydrogens is 178 g/mol. The Morgan fingerprint density at radius 1 is 1.21 bits per heavy atom. The summed E-state index contributed by atoms with van der Waals surface area (Å²) in [5.41, 5.74) is 0. The van der Waals surface area contributed by atoms with Gasteiger partial charge in [-0.1, -0.05) is 19.3 Å². The minimum absolute atomic E-state index is 0.133. The van der Waals surface area contributed by atoms with Crippen LogP contribution in [0.15, 0.2) is 0 Å². The number of fused-ring (bicyclic) bond motifs is 1. The quantitative estimate of drug-likeness (QED) is 0.723. The van der Waals surface area contributed by atoms with E-state index in [1.807, 2.05) is 0 Å². The van der Waals surface area contributed by atoms with Gasteiger partial charge in [0.1, 0.15) is 0 Å². The summed E-state index contributed by atoms with van der Waals surface area (Å²) >= 11 is 0. The van der Waals surface area contributed by atoms with Crippen molar-refractivity contribution < 1.29 is 9.90 Å². The molecule has 3 heteroatoms. The third kappa shape index (κ3) is 2.08. The number of carboxylic acids is 1. The lowest BCUT2D eigenvalue weighted by atomic mass is 9.80. The van der Waals surface area contributed by atoms with Gasteiger partial charge in [-0.05, 0) is 31.1 Å². The first-order valence-electron chi connectivity index (χ1n) is 5.72. The normalized spacial score (nSPS) is 36.7. The van der Waals surface area contributed by atoms with Crippen molar-refractivity contribution >= 4 is 5.97 Å². The predicted molar refractivity (Wildman–Crippen MR) is 54.1 cm³/mol. The summed E-state index contributed by atoms with van der Waals surface area (Å²) in [7, 11) is 0. The molecule has 0 bridgehead atoms. The zero-order chi connectivity index (χ0) is 9.97. The molecule has 2 fully saturated rings. The maximum Gasteiger partial charge on any atom is 0.317 e. The lowest BCUT2D eigenvalue weighted by Gasteiger charge is -2.29. The predicted octanol–water partition coefficient (Wildman–Crippen LogP) is 1.63. The van der Waals surface area contributed by atoms with E-state index in [0.29, 0.717) is 6.04 Å². The van der Waals surface area contributed by atoms with E-state index < -0.39 is 5.97 Å². The van der Waals surface area contributed by atoms with Crippen molar-refractivity contribution in [1.82, 2.24) is 5.32 Å². The molecule has 2 saturated carbocycles. The largest absolute Gasteiger partial charge is 0.480 e. The first-order valence-corrected chi connectivity index (χ1v) is 5.72. The lowest BCUT2D eigenvalue weighted by Crippen LogP contribution is -2.38. The van der Waals surface area contributed by atoms with Crippen LogP contribution in [0.4, 0.5) is 0 Å². The topological polar surface area (TPSA) is 49.3 Å². The van der Waals surface area contributed by atoms with E-state index in [9.17, 15) is 4.79 Å². The second-order valence-electron chi connectivity index (χ2n) is 4.67. The average molecular weight is 197 g/mol. The smallest absolute Gasteiger partial charge is 0.317 e. The third-order valence-electron chi connectivity index (χ3n) is 3.85. The van der Waals surface area contributed by atoms with Gasteiger partial charge in [0.25, 0.3) is 0 Å². The molecule has 2 N–H and O–H groups in total. The highest BCUT2D eigenvalue weighted by atomic mass is 16.4. The van der Waals surface area contributed by atoms with Gasteiger partial charge in [0, 0.05) is 6.04 Å². The maximum absolute atomic E-state index is 10.5. The fraction of sp³-hybridized carbons (Fsp3) is 0.909. The van der Waals surface area contributed by atoms with Crippen LogP contribution in [0.1, 0.15) is 38.5 Å². The van der Waals surface area contributed by atoms with Crippen LogP contribution in [0, 0.1) is 11.8 Å². The molecule has 0 radical (unpaired) electrons. The Balaban J connectivity index is 1.84. The molecule has 2 aliphatic rings. The fourth-order valence-corrected chi connectivity index (χ4v) is 3.20. The minimum Gasteiger partial charge on any atom is -0.480 e. The van der Waals surface area contributed by atoms with E-state index in [0.717, 1.165) is 11.8 Å². The summed E-state index contributed by atoms with van der Waals surface area (Å²) in [4.78, 5) is 10.5. The molecule has 0 aromatic carbocycles. The van der Waals surface area contributed by atoms with Crippen molar-refractivity contribution in [3.05, 3.63) is 0 Å². The Morgan fingerprint density at radius 3 is 2.79 bits per heavy atom. The summed E-state index contributed by atoms with van der Waals surface area (Å²) in [5.74, 6) is 0.919. The second kappa shape index (κ2) is 4.30. The van der Waals surface area contributed by atoms with Crippen molar-refractivity contribution in [3.63, 3.8) is 0 Å². The highest BCUT2D eigenvalue weighted by Gasteiger charge is 2.36. The van der Waals surface area contributed by atoms with Gasteiger partial charge in [-0.25, -0.2) is 0 Å². The number of hydrogen-bond acceptors (Lipinski definition) is 2. The highest BCUT2D eigenvalue weighted by Crippen LogP contribution is 2.42. The zero-order valence-electron chi connectivity index (χ0n) is 8.54. The van der Waals surface area contributed by atoms with Gasteiger partial charge in [0.05, 0.1) is 6.54 Å². The van der Waals surface area contributed by atoms with Gasteiger partial charge in [-0.3, -0.25) is 4.79 Å².